The third-order valence-corrected chi connectivity index (χ3v) is 6.33. The number of ether oxygens (including phenoxy) is 1. The number of benzene rings is 1. The molecule has 0 atom stereocenters. The molecule has 0 aliphatic rings. The fourth-order valence-electron chi connectivity index (χ4n) is 3.11. The molecule has 2 heterocycles. The first-order valence-corrected chi connectivity index (χ1v) is 13.7. The second-order valence-corrected chi connectivity index (χ2v) is 14.5. The molecule has 0 bridgehead atoms. The molecule has 0 unspecified atom stereocenters. The van der Waals surface area contributed by atoms with Gasteiger partial charge in [0.25, 0.3) is 0 Å². The van der Waals surface area contributed by atoms with Crippen LogP contribution in [0.5, 0.6) is 0 Å². The topological polar surface area (TPSA) is 69.0 Å². The zero-order valence-corrected chi connectivity index (χ0v) is 18.9. The monoisotopic (exact) mass is 410 g/mol. The minimum absolute atomic E-state index is 0.329. The zero-order valence-electron chi connectivity index (χ0n) is 17.9. The van der Waals surface area contributed by atoms with Crippen molar-refractivity contribution < 1.29 is 9.53 Å². The van der Waals surface area contributed by atoms with E-state index in [1.54, 1.807) is 4.68 Å². The van der Waals surface area contributed by atoms with Crippen LogP contribution in [-0.4, -0.2) is 41.8 Å². The number of carbonyl (C=O) groups excluding carboxylic acids is 1. The van der Waals surface area contributed by atoms with Gasteiger partial charge in [-0.2, -0.15) is 5.10 Å². The van der Waals surface area contributed by atoms with Crippen LogP contribution in [0, 0.1) is 0 Å². The standard InChI is InChI=1S/C22H30N4O2Si/c1-16(2)24-19-10-18(12-23-13-19)17-6-7-22-20(11-17)21(14-27)25-26(22)15-28-8-9-29(3,4)5/h6-7,10-14,16,24H,8-9,15H2,1-5H3. The van der Waals surface area contributed by atoms with E-state index in [9.17, 15) is 4.79 Å². The number of carbonyl (C=O) groups is 1. The van der Waals surface area contributed by atoms with Gasteiger partial charge >= 0.3 is 0 Å². The molecule has 7 heteroatoms. The van der Waals surface area contributed by atoms with Crippen molar-refractivity contribution in [3.05, 3.63) is 42.4 Å². The molecule has 0 spiro atoms. The molecule has 0 fully saturated rings. The number of rotatable bonds is 9. The molecule has 3 aromatic rings. The predicted molar refractivity (Wildman–Crippen MR) is 121 cm³/mol. The quantitative estimate of drug-likeness (QED) is 0.304. The van der Waals surface area contributed by atoms with Gasteiger partial charge in [0.1, 0.15) is 12.4 Å². The summed E-state index contributed by atoms with van der Waals surface area (Å²) in [6.45, 7) is 12.2. The highest BCUT2D eigenvalue weighted by Gasteiger charge is 2.14. The normalized spacial score (nSPS) is 11.9. The van der Waals surface area contributed by atoms with E-state index in [2.05, 4.69) is 55.0 Å². The molecule has 0 aliphatic carbocycles. The van der Waals surface area contributed by atoms with Crippen molar-refractivity contribution in [2.45, 2.75) is 52.3 Å². The average Bonchev–Trinajstić information content (AvgIpc) is 3.01. The molecule has 29 heavy (non-hydrogen) atoms. The summed E-state index contributed by atoms with van der Waals surface area (Å²) in [5.74, 6) is 0. The maximum Gasteiger partial charge on any atom is 0.170 e. The largest absolute Gasteiger partial charge is 0.382 e. The number of anilines is 1. The first-order valence-electron chi connectivity index (χ1n) is 10.0. The van der Waals surface area contributed by atoms with Gasteiger partial charge in [0.15, 0.2) is 6.29 Å². The van der Waals surface area contributed by atoms with Crippen LogP contribution in [0.25, 0.3) is 22.0 Å². The van der Waals surface area contributed by atoms with E-state index in [0.717, 1.165) is 40.0 Å². The van der Waals surface area contributed by atoms with Crippen molar-refractivity contribution in [2.75, 3.05) is 11.9 Å². The number of aldehydes is 1. The Bertz CT molecular complexity index is 992. The molecule has 0 radical (unpaired) electrons. The Morgan fingerprint density at radius 1 is 1.17 bits per heavy atom. The fourth-order valence-corrected chi connectivity index (χ4v) is 3.87. The van der Waals surface area contributed by atoms with Crippen LogP contribution in [0.15, 0.2) is 36.7 Å². The Balaban J connectivity index is 1.85. The van der Waals surface area contributed by atoms with E-state index in [1.165, 1.54) is 0 Å². The minimum atomic E-state index is -1.13. The van der Waals surface area contributed by atoms with Crippen LogP contribution in [-0.2, 0) is 11.5 Å². The number of hydrogen-bond acceptors (Lipinski definition) is 5. The molecule has 0 aliphatic heterocycles. The van der Waals surface area contributed by atoms with Gasteiger partial charge in [0.05, 0.1) is 11.2 Å². The van der Waals surface area contributed by atoms with E-state index in [0.29, 0.717) is 25.1 Å². The van der Waals surface area contributed by atoms with Crippen molar-refractivity contribution in [3.8, 4) is 11.1 Å². The van der Waals surface area contributed by atoms with Gasteiger partial charge in [-0.05, 0) is 43.7 Å². The molecule has 0 amide bonds. The lowest BCUT2D eigenvalue weighted by Crippen LogP contribution is -2.22. The zero-order chi connectivity index (χ0) is 21.0. The highest BCUT2D eigenvalue weighted by atomic mass is 28.3. The van der Waals surface area contributed by atoms with Gasteiger partial charge in [0, 0.05) is 44.1 Å². The number of aromatic nitrogens is 3. The molecular weight excluding hydrogens is 380 g/mol. The molecule has 0 saturated carbocycles. The maximum absolute atomic E-state index is 11.6. The Kier molecular flexibility index (Phi) is 6.49. The summed E-state index contributed by atoms with van der Waals surface area (Å²) >= 11 is 0. The summed E-state index contributed by atoms with van der Waals surface area (Å²) in [5, 5.41) is 8.64. The predicted octanol–water partition coefficient (Wildman–Crippen LogP) is 5.04. The van der Waals surface area contributed by atoms with Crippen molar-refractivity contribution in [1.29, 1.82) is 0 Å². The van der Waals surface area contributed by atoms with Gasteiger partial charge in [-0.1, -0.05) is 25.7 Å². The summed E-state index contributed by atoms with van der Waals surface area (Å²) < 4.78 is 7.60. The van der Waals surface area contributed by atoms with Crippen molar-refractivity contribution >= 4 is 31.0 Å². The van der Waals surface area contributed by atoms with E-state index in [1.807, 2.05) is 30.6 Å². The Labute approximate surface area is 173 Å². The Morgan fingerprint density at radius 3 is 2.66 bits per heavy atom. The molecule has 6 nitrogen and oxygen atoms in total. The molecule has 3 rings (SSSR count). The van der Waals surface area contributed by atoms with Gasteiger partial charge < -0.3 is 10.1 Å². The van der Waals surface area contributed by atoms with E-state index >= 15 is 0 Å². The lowest BCUT2D eigenvalue weighted by molar-refractivity contribution is 0.0812. The molecular formula is C22H30N4O2Si. The summed E-state index contributed by atoms with van der Waals surface area (Å²) in [6, 6.07) is 9.53. The van der Waals surface area contributed by atoms with Crippen LogP contribution in [0.4, 0.5) is 5.69 Å². The second kappa shape index (κ2) is 8.88. The van der Waals surface area contributed by atoms with Crippen molar-refractivity contribution in [3.63, 3.8) is 0 Å². The van der Waals surface area contributed by atoms with E-state index < -0.39 is 8.07 Å². The fraction of sp³-hybridized carbons (Fsp3) is 0.409. The van der Waals surface area contributed by atoms with Crippen molar-refractivity contribution in [2.24, 2.45) is 0 Å². The number of pyridine rings is 1. The minimum Gasteiger partial charge on any atom is -0.382 e. The smallest absolute Gasteiger partial charge is 0.170 e. The van der Waals surface area contributed by atoms with Crippen LogP contribution in [0.2, 0.25) is 25.7 Å². The van der Waals surface area contributed by atoms with Gasteiger partial charge in [0.2, 0.25) is 0 Å². The SMILES string of the molecule is CC(C)Nc1cncc(-c2ccc3c(c2)c(C=O)nn3COCC[Si](C)(C)C)c1. The molecule has 0 saturated heterocycles. The lowest BCUT2D eigenvalue weighted by atomic mass is 10.0. The lowest BCUT2D eigenvalue weighted by Gasteiger charge is -2.15. The van der Waals surface area contributed by atoms with Crippen LogP contribution >= 0.6 is 0 Å². The number of hydrogen-bond donors (Lipinski definition) is 1. The van der Waals surface area contributed by atoms with Gasteiger partial charge in [-0.3, -0.25) is 9.78 Å². The molecule has 1 aromatic carbocycles. The summed E-state index contributed by atoms with van der Waals surface area (Å²) in [4.78, 5) is 15.9. The highest BCUT2D eigenvalue weighted by Crippen LogP contribution is 2.27. The number of nitrogens with zero attached hydrogens (tertiary/aromatic N) is 3. The number of nitrogens with one attached hydrogen (secondary N) is 1. The molecule has 1 N–H and O–H groups in total. The number of fused-ring (bicyclic) bond motifs is 1. The Morgan fingerprint density at radius 2 is 1.97 bits per heavy atom. The highest BCUT2D eigenvalue weighted by molar-refractivity contribution is 6.76. The first-order chi connectivity index (χ1) is 13.8. The Hall–Kier alpha value is -2.51. The average molecular weight is 411 g/mol. The third kappa shape index (κ3) is 5.52. The molecule has 2 aromatic heterocycles. The van der Waals surface area contributed by atoms with Crippen molar-refractivity contribution in [1.82, 2.24) is 14.8 Å². The first kappa shape index (κ1) is 21.2. The summed E-state index contributed by atoms with van der Waals surface area (Å²) in [6.07, 6.45) is 4.45. The van der Waals surface area contributed by atoms with Crippen LogP contribution in [0.1, 0.15) is 24.3 Å². The van der Waals surface area contributed by atoms with Crippen LogP contribution < -0.4 is 5.32 Å². The summed E-state index contributed by atoms with van der Waals surface area (Å²) in [7, 11) is -1.13. The van der Waals surface area contributed by atoms with Gasteiger partial charge in [-0.15, -0.1) is 0 Å². The van der Waals surface area contributed by atoms with Gasteiger partial charge in [-0.25, -0.2) is 4.68 Å². The second-order valence-electron chi connectivity index (χ2n) is 8.84. The van der Waals surface area contributed by atoms with Crippen LogP contribution in [0.3, 0.4) is 0 Å². The summed E-state index contributed by atoms with van der Waals surface area (Å²) in [5.41, 5.74) is 4.29. The maximum atomic E-state index is 11.6. The van der Waals surface area contributed by atoms with E-state index in [4.69, 9.17) is 4.74 Å². The third-order valence-electron chi connectivity index (χ3n) is 4.63. The molecule has 154 valence electrons. The van der Waals surface area contributed by atoms with E-state index in [-0.39, 0.29) is 0 Å².